The maximum absolute atomic E-state index is 12.1. The van der Waals surface area contributed by atoms with Crippen molar-refractivity contribution in [3.8, 4) is 0 Å². The molecular weight excluding hydrogens is 468 g/mol. The fourth-order valence-corrected chi connectivity index (χ4v) is 2.97. The molecule has 0 saturated carbocycles. The largest absolute Gasteiger partial charge is 0.445 e. The van der Waals surface area contributed by atoms with Crippen molar-refractivity contribution in [3.63, 3.8) is 0 Å². The van der Waals surface area contributed by atoms with Gasteiger partial charge in [-0.2, -0.15) is 0 Å². The van der Waals surface area contributed by atoms with E-state index in [1.54, 1.807) is 31.2 Å². The molecule has 29 heavy (non-hydrogen) atoms. The van der Waals surface area contributed by atoms with Gasteiger partial charge in [0.05, 0.1) is 0 Å². The second kappa shape index (κ2) is 10.3. The van der Waals surface area contributed by atoms with Crippen LogP contribution in [0.25, 0.3) is 0 Å². The number of aromatic nitrogens is 2. The van der Waals surface area contributed by atoms with Crippen LogP contribution in [0.4, 0.5) is 10.6 Å². The lowest BCUT2D eigenvalue weighted by molar-refractivity contribution is -0.392. The van der Waals surface area contributed by atoms with Crippen molar-refractivity contribution < 1.29 is 14.5 Å². The van der Waals surface area contributed by atoms with Crippen LogP contribution in [-0.2, 0) is 17.8 Å². The van der Waals surface area contributed by atoms with Gasteiger partial charge in [0, 0.05) is 18.5 Å². The molecule has 9 nitrogen and oxygen atoms in total. The van der Waals surface area contributed by atoms with Gasteiger partial charge in [-0.25, -0.2) is 14.3 Å². The van der Waals surface area contributed by atoms with Crippen molar-refractivity contribution in [1.29, 1.82) is 0 Å². The van der Waals surface area contributed by atoms with Gasteiger partial charge in [0.1, 0.15) is 25.5 Å². The van der Waals surface area contributed by atoms with Crippen LogP contribution in [0.3, 0.4) is 0 Å². The maximum Gasteiger partial charge on any atom is 0.408 e. The Bertz CT molecular complexity index is 871. The van der Waals surface area contributed by atoms with E-state index in [1.807, 2.05) is 0 Å². The minimum atomic E-state index is -1.88. The third kappa shape index (κ3) is 6.90. The van der Waals surface area contributed by atoms with Crippen molar-refractivity contribution in [1.82, 2.24) is 20.2 Å². The Balaban J connectivity index is 1.91. The standard InChI is InChI=1S/C16H17Cl4N5O4/c1-10-21-9-13(25(27)28)24(10)6-7-29-15(26)23-14(16(18,19)20)22-8-11-4-2-3-5-12(11)17/h2-5,9,14,22H,6-8H2,1H3,(H,23,26)/t14-/m1/s1. The summed E-state index contributed by atoms with van der Waals surface area (Å²) in [6.45, 7) is 1.71. The Kier molecular flexibility index (Phi) is 8.35. The second-order valence-corrected chi connectivity index (χ2v) is 8.58. The number of amides is 1. The first-order valence-corrected chi connectivity index (χ1v) is 9.74. The SMILES string of the molecule is Cc1ncc([N+](=O)[O-])n1CCOC(=O)N[C@@H](NCc1ccccc1Cl)C(Cl)(Cl)Cl. The van der Waals surface area contributed by atoms with Crippen molar-refractivity contribution >= 4 is 58.3 Å². The number of rotatable bonds is 8. The normalized spacial score (nSPS) is 12.4. The van der Waals surface area contributed by atoms with Crippen LogP contribution < -0.4 is 10.6 Å². The van der Waals surface area contributed by atoms with Gasteiger partial charge in [0.25, 0.3) is 0 Å². The van der Waals surface area contributed by atoms with Gasteiger partial charge in [0.15, 0.2) is 5.82 Å². The number of nitro groups is 1. The van der Waals surface area contributed by atoms with Crippen molar-refractivity contribution in [3.05, 3.63) is 57.0 Å². The van der Waals surface area contributed by atoms with E-state index in [0.29, 0.717) is 10.8 Å². The molecule has 0 aliphatic heterocycles. The number of nitrogens with zero attached hydrogens (tertiary/aromatic N) is 3. The van der Waals surface area contributed by atoms with Gasteiger partial charge in [-0.1, -0.05) is 64.6 Å². The molecule has 0 radical (unpaired) electrons. The van der Waals surface area contributed by atoms with E-state index < -0.39 is 21.0 Å². The second-order valence-electron chi connectivity index (χ2n) is 5.80. The molecule has 0 unspecified atom stereocenters. The number of nitrogens with one attached hydrogen (secondary N) is 2. The fraction of sp³-hybridized carbons (Fsp3) is 0.375. The van der Waals surface area contributed by atoms with E-state index in [1.165, 1.54) is 4.57 Å². The minimum Gasteiger partial charge on any atom is -0.445 e. The van der Waals surface area contributed by atoms with E-state index in [0.717, 1.165) is 11.8 Å². The Morgan fingerprint density at radius 3 is 2.69 bits per heavy atom. The smallest absolute Gasteiger partial charge is 0.408 e. The molecule has 1 amide bonds. The van der Waals surface area contributed by atoms with Crippen LogP contribution in [0, 0.1) is 17.0 Å². The van der Waals surface area contributed by atoms with Crippen molar-refractivity contribution in [2.75, 3.05) is 6.61 Å². The molecule has 1 heterocycles. The summed E-state index contributed by atoms with van der Waals surface area (Å²) in [5.41, 5.74) is 0.742. The highest BCUT2D eigenvalue weighted by molar-refractivity contribution is 6.68. The molecule has 0 aliphatic rings. The Morgan fingerprint density at radius 2 is 2.07 bits per heavy atom. The van der Waals surface area contributed by atoms with Gasteiger partial charge >= 0.3 is 11.9 Å². The topological polar surface area (TPSA) is 111 Å². The number of carbonyl (C=O) groups is 1. The lowest BCUT2D eigenvalue weighted by Crippen LogP contribution is -2.53. The summed E-state index contributed by atoms with van der Waals surface area (Å²) in [7, 11) is 0. The molecule has 0 fully saturated rings. The van der Waals surface area contributed by atoms with Crippen LogP contribution >= 0.6 is 46.4 Å². The summed E-state index contributed by atoms with van der Waals surface area (Å²) in [5.74, 6) is 0.216. The van der Waals surface area contributed by atoms with Crippen LogP contribution in [-0.4, -0.2) is 37.1 Å². The van der Waals surface area contributed by atoms with E-state index in [2.05, 4.69) is 15.6 Å². The lowest BCUT2D eigenvalue weighted by Gasteiger charge is -2.26. The van der Waals surface area contributed by atoms with Crippen LogP contribution in [0.5, 0.6) is 0 Å². The molecule has 13 heteroatoms. The zero-order valence-corrected chi connectivity index (χ0v) is 18.1. The van der Waals surface area contributed by atoms with Gasteiger partial charge in [0.2, 0.25) is 3.79 Å². The van der Waals surface area contributed by atoms with E-state index in [9.17, 15) is 14.9 Å². The number of ether oxygens (including phenoxy) is 1. The highest BCUT2D eigenvalue weighted by Gasteiger charge is 2.34. The molecule has 2 aromatic rings. The highest BCUT2D eigenvalue weighted by atomic mass is 35.6. The molecule has 158 valence electrons. The molecule has 0 spiro atoms. The average molecular weight is 485 g/mol. The Hall–Kier alpha value is -1.78. The number of carbonyl (C=O) groups excluding carboxylic acids is 1. The van der Waals surface area contributed by atoms with Crippen LogP contribution in [0.1, 0.15) is 11.4 Å². The third-order valence-corrected chi connectivity index (χ3v) is 4.84. The average Bonchev–Trinajstić information content (AvgIpc) is 3.00. The highest BCUT2D eigenvalue weighted by Crippen LogP contribution is 2.29. The molecule has 1 atom stereocenters. The first-order chi connectivity index (χ1) is 13.6. The number of imidazole rings is 1. The molecule has 1 aromatic carbocycles. The maximum atomic E-state index is 12.1. The van der Waals surface area contributed by atoms with E-state index >= 15 is 0 Å². The predicted octanol–water partition coefficient (Wildman–Crippen LogP) is 3.97. The summed E-state index contributed by atoms with van der Waals surface area (Å²) in [4.78, 5) is 26.3. The number of alkyl halides is 3. The summed E-state index contributed by atoms with van der Waals surface area (Å²) in [5, 5.41) is 16.8. The lowest BCUT2D eigenvalue weighted by atomic mass is 10.2. The Labute approximate surface area is 186 Å². The van der Waals surface area contributed by atoms with E-state index in [-0.39, 0.29) is 25.5 Å². The molecular formula is C16H17Cl4N5O4. The zero-order valence-electron chi connectivity index (χ0n) is 15.1. The van der Waals surface area contributed by atoms with Crippen LogP contribution in [0.2, 0.25) is 5.02 Å². The van der Waals surface area contributed by atoms with Gasteiger partial charge < -0.3 is 20.2 Å². The first kappa shape index (κ1) is 23.5. The van der Waals surface area contributed by atoms with Gasteiger partial charge in [-0.3, -0.25) is 5.32 Å². The van der Waals surface area contributed by atoms with Crippen LogP contribution in [0.15, 0.2) is 30.5 Å². The number of hydrogen-bond acceptors (Lipinski definition) is 6. The third-order valence-electron chi connectivity index (χ3n) is 3.81. The van der Waals surface area contributed by atoms with Crippen molar-refractivity contribution in [2.45, 2.75) is 30.0 Å². The van der Waals surface area contributed by atoms with Gasteiger partial charge in [-0.05, 0) is 16.6 Å². The summed E-state index contributed by atoms with van der Waals surface area (Å²) in [6, 6.07) is 7.07. The number of hydrogen-bond donors (Lipinski definition) is 2. The molecule has 0 bridgehead atoms. The molecule has 0 aliphatic carbocycles. The number of benzene rings is 1. The summed E-state index contributed by atoms with van der Waals surface area (Å²) in [6.07, 6.45) is -0.818. The molecule has 2 rings (SSSR count). The summed E-state index contributed by atoms with van der Waals surface area (Å²) < 4.78 is 4.48. The minimum absolute atomic E-state index is 0.0427. The molecule has 2 N–H and O–H groups in total. The number of halogens is 4. The van der Waals surface area contributed by atoms with Gasteiger partial charge in [-0.15, -0.1) is 0 Å². The first-order valence-electron chi connectivity index (χ1n) is 8.23. The predicted molar refractivity (Wildman–Crippen MR) is 110 cm³/mol. The molecule has 1 aromatic heterocycles. The monoisotopic (exact) mass is 483 g/mol. The number of alkyl carbamates (subject to hydrolysis) is 1. The van der Waals surface area contributed by atoms with E-state index in [4.69, 9.17) is 51.1 Å². The zero-order chi connectivity index (χ0) is 21.6. The number of aryl methyl sites for hydroxylation is 1. The van der Waals surface area contributed by atoms with Crippen molar-refractivity contribution in [2.24, 2.45) is 0 Å². The fourth-order valence-electron chi connectivity index (χ4n) is 2.37. The molecule has 0 saturated heterocycles. The Morgan fingerprint density at radius 1 is 1.38 bits per heavy atom. The summed E-state index contributed by atoms with van der Waals surface area (Å²) >= 11 is 23.8. The quantitative estimate of drug-likeness (QED) is 0.254.